The molecule has 3 atom stereocenters. The molecule has 3 unspecified atom stereocenters. The van der Waals surface area contributed by atoms with Crippen molar-refractivity contribution in [1.29, 1.82) is 0 Å². The Morgan fingerprint density at radius 1 is 1.08 bits per heavy atom. The van der Waals surface area contributed by atoms with E-state index >= 15 is 0 Å². The number of hydrogen-bond acceptors (Lipinski definition) is 5. The van der Waals surface area contributed by atoms with Crippen LogP contribution in [-0.4, -0.2) is 55.1 Å². The van der Waals surface area contributed by atoms with Crippen molar-refractivity contribution in [1.82, 2.24) is 4.90 Å². The molecular formula is C19H29NO4. The Labute approximate surface area is 144 Å². The lowest BCUT2D eigenvalue weighted by Crippen LogP contribution is -2.54. The quantitative estimate of drug-likeness (QED) is 0.920. The highest BCUT2D eigenvalue weighted by Gasteiger charge is 2.43. The third kappa shape index (κ3) is 3.25. The molecule has 0 radical (unpaired) electrons. The van der Waals surface area contributed by atoms with Crippen LogP contribution in [0.5, 0.6) is 11.5 Å². The number of nitrogens with zero attached hydrogens (tertiary/aromatic N) is 1. The van der Waals surface area contributed by atoms with Crippen molar-refractivity contribution in [2.75, 3.05) is 27.3 Å². The summed E-state index contributed by atoms with van der Waals surface area (Å²) >= 11 is 0. The van der Waals surface area contributed by atoms with Crippen LogP contribution in [0.4, 0.5) is 0 Å². The fourth-order valence-electron chi connectivity index (χ4n) is 3.89. The summed E-state index contributed by atoms with van der Waals surface area (Å²) in [5.74, 6) is 1.49. The summed E-state index contributed by atoms with van der Waals surface area (Å²) in [4.78, 5) is 2.43. The van der Waals surface area contributed by atoms with Crippen LogP contribution in [0.15, 0.2) is 12.1 Å². The predicted octanol–water partition coefficient (Wildman–Crippen LogP) is 2.55. The molecule has 1 aromatic carbocycles. The zero-order chi connectivity index (χ0) is 17.5. The summed E-state index contributed by atoms with van der Waals surface area (Å²) in [7, 11) is 3.32. The summed E-state index contributed by atoms with van der Waals surface area (Å²) in [6.07, 6.45) is 1.03. The van der Waals surface area contributed by atoms with Gasteiger partial charge in [0.1, 0.15) is 6.10 Å². The highest BCUT2D eigenvalue weighted by Crippen LogP contribution is 2.43. The largest absolute Gasteiger partial charge is 0.493 e. The molecule has 5 nitrogen and oxygen atoms in total. The van der Waals surface area contributed by atoms with Gasteiger partial charge in [-0.15, -0.1) is 0 Å². The minimum Gasteiger partial charge on any atom is -0.493 e. The molecule has 5 heteroatoms. The van der Waals surface area contributed by atoms with Crippen LogP contribution >= 0.6 is 0 Å². The maximum atomic E-state index is 10.6. The predicted molar refractivity (Wildman–Crippen MR) is 92.8 cm³/mol. The molecule has 0 spiro atoms. The number of aliphatic hydroxyl groups excluding tert-OH is 1. The maximum absolute atomic E-state index is 10.6. The molecule has 134 valence electrons. The van der Waals surface area contributed by atoms with Gasteiger partial charge in [-0.3, -0.25) is 4.90 Å². The van der Waals surface area contributed by atoms with Gasteiger partial charge in [0.15, 0.2) is 11.5 Å². The second-order valence-electron chi connectivity index (χ2n) is 7.69. The van der Waals surface area contributed by atoms with Gasteiger partial charge in [0.25, 0.3) is 0 Å². The first kappa shape index (κ1) is 17.5. The normalized spacial score (nSPS) is 27.3. The van der Waals surface area contributed by atoms with E-state index in [2.05, 4.69) is 17.0 Å². The SMILES string of the molecule is COc1cc2c(cc1OC)C1C(OC(C)(C)C)C(O)CCN1CC2. The first-order valence-electron chi connectivity index (χ1n) is 8.69. The Morgan fingerprint density at radius 2 is 1.75 bits per heavy atom. The summed E-state index contributed by atoms with van der Waals surface area (Å²) < 4.78 is 17.2. The number of rotatable bonds is 3. The van der Waals surface area contributed by atoms with E-state index in [0.717, 1.165) is 37.4 Å². The molecule has 2 heterocycles. The summed E-state index contributed by atoms with van der Waals surface area (Å²) in [5.41, 5.74) is 2.14. The van der Waals surface area contributed by atoms with Gasteiger partial charge in [0.2, 0.25) is 0 Å². The second kappa shape index (κ2) is 6.54. The molecule has 1 saturated heterocycles. The van der Waals surface area contributed by atoms with Crippen LogP contribution < -0.4 is 9.47 Å². The van der Waals surface area contributed by atoms with Crippen LogP contribution in [0, 0.1) is 0 Å². The Balaban J connectivity index is 2.04. The van der Waals surface area contributed by atoms with Crippen molar-refractivity contribution in [3.05, 3.63) is 23.3 Å². The highest BCUT2D eigenvalue weighted by molar-refractivity contribution is 5.50. The average Bonchev–Trinajstić information content (AvgIpc) is 2.54. The lowest BCUT2D eigenvalue weighted by atomic mass is 9.83. The van der Waals surface area contributed by atoms with Crippen LogP contribution in [-0.2, 0) is 11.2 Å². The van der Waals surface area contributed by atoms with Crippen LogP contribution in [0.3, 0.4) is 0 Å². The standard InChI is InChI=1S/C19H29NO4/c1-19(2,3)24-18-14(21)7-9-20-8-6-12-10-15(22-4)16(23-5)11-13(12)17(18)20/h10-11,14,17-18,21H,6-9H2,1-5H3. The number of ether oxygens (including phenoxy) is 3. The molecule has 0 amide bonds. The van der Waals surface area contributed by atoms with E-state index in [9.17, 15) is 5.11 Å². The molecule has 0 aliphatic carbocycles. The van der Waals surface area contributed by atoms with Crippen LogP contribution in [0.2, 0.25) is 0 Å². The molecule has 1 aromatic rings. The van der Waals surface area contributed by atoms with Gasteiger partial charge >= 0.3 is 0 Å². The number of benzene rings is 1. The Kier molecular flexibility index (Phi) is 4.78. The zero-order valence-electron chi connectivity index (χ0n) is 15.3. The van der Waals surface area contributed by atoms with Crippen molar-refractivity contribution < 1.29 is 19.3 Å². The third-order valence-electron chi connectivity index (χ3n) is 4.92. The smallest absolute Gasteiger partial charge is 0.161 e. The molecular weight excluding hydrogens is 306 g/mol. The number of fused-ring (bicyclic) bond motifs is 3. The first-order chi connectivity index (χ1) is 11.3. The molecule has 0 bridgehead atoms. The van der Waals surface area contributed by atoms with Crippen molar-refractivity contribution in [2.24, 2.45) is 0 Å². The van der Waals surface area contributed by atoms with E-state index in [-0.39, 0.29) is 17.7 Å². The number of hydrogen-bond donors (Lipinski definition) is 1. The van der Waals surface area contributed by atoms with Gasteiger partial charge in [-0.05, 0) is 56.9 Å². The van der Waals surface area contributed by atoms with Crippen molar-refractivity contribution >= 4 is 0 Å². The van der Waals surface area contributed by atoms with Crippen LogP contribution in [0.1, 0.15) is 44.4 Å². The molecule has 0 saturated carbocycles. The summed E-state index contributed by atoms with van der Waals surface area (Å²) in [6, 6.07) is 4.18. The first-order valence-corrected chi connectivity index (χ1v) is 8.69. The molecule has 24 heavy (non-hydrogen) atoms. The topological polar surface area (TPSA) is 51.2 Å². The third-order valence-corrected chi connectivity index (χ3v) is 4.92. The monoisotopic (exact) mass is 335 g/mol. The van der Waals surface area contributed by atoms with Gasteiger partial charge < -0.3 is 19.3 Å². The van der Waals surface area contributed by atoms with Gasteiger partial charge in [-0.1, -0.05) is 0 Å². The van der Waals surface area contributed by atoms with Gasteiger partial charge in [-0.25, -0.2) is 0 Å². The van der Waals surface area contributed by atoms with Crippen LogP contribution in [0.25, 0.3) is 0 Å². The molecule has 3 rings (SSSR count). The molecule has 1 fully saturated rings. The van der Waals surface area contributed by atoms with E-state index in [4.69, 9.17) is 14.2 Å². The van der Waals surface area contributed by atoms with Crippen molar-refractivity contribution in [3.63, 3.8) is 0 Å². The number of methoxy groups -OCH3 is 2. The fourth-order valence-corrected chi connectivity index (χ4v) is 3.89. The van der Waals surface area contributed by atoms with E-state index in [1.807, 2.05) is 20.8 Å². The van der Waals surface area contributed by atoms with E-state index in [1.54, 1.807) is 14.2 Å². The lowest BCUT2D eigenvalue weighted by Gasteiger charge is -2.48. The van der Waals surface area contributed by atoms with E-state index in [0.29, 0.717) is 0 Å². The number of piperidine rings is 1. The minimum absolute atomic E-state index is 0.0523. The molecule has 1 N–H and O–H groups in total. The highest BCUT2D eigenvalue weighted by atomic mass is 16.5. The van der Waals surface area contributed by atoms with Gasteiger partial charge in [-0.2, -0.15) is 0 Å². The minimum atomic E-state index is -0.454. The second-order valence-corrected chi connectivity index (χ2v) is 7.69. The number of aliphatic hydroxyl groups is 1. The fraction of sp³-hybridized carbons (Fsp3) is 0.684. The van der Waals surface area contributed by atoms with Crippen molar-refractivity contribution in [3.8, 4) is 11.5 Å². The van der Waals surface area contributed by atoms with Gasteiger partial charge in [0, 0.05) is 13.1 Å². The zero-order valence-corrected chi connectivity index (χ0v) is 15.3. The van der Waals surface area contributed by atoms with E-state index in [1.165, 1.54) is 11.1 Å². The molecule has 2 aliphatic heterocycles. The lowest BCUT2D eigenvalue weighted by molar-refractivity contribution is -0.164. The Bertz CT molecular complexity index is 596. The summed E-state index contributed by atoms with van der Waals surface area (Å²) in [5, 5.41) is 10.6. The van der Waals surface area contributed by atoms with Gasteiger partial charge in [0.05, 0.1) is 32.0 Å². The van der Waals surface area contributed by atoms with Crippen molar-refractivity contribution in [2.45, 2.75) is 57.5 Å². The molecule has 2 aliphatic rings. The maximum Gasteiger partial charge on any atom is 0.161 e. The average molecular weight is 335 g/mol. The molecule has 0 aromatic heterocycles. The summed E-state index contributed by atoms with van der Waals surface area (Å²) in [6.45, 7) is 7.98. The van der Waals surface area contributed by atoms with E-state index < -0.39 is 6.10 Å². The Morgan fingerprint density at radius 3 is 2.38 bits per heavy atom. The Hall–Kier alpha value is -1.30.